The zero-order valence-electron chi connectivity index (χ0n) is 13.9. The lowest BCUT2D eigenvalue weighted by molar-refractivity contribution is 0.0943. The van der Waals surface area contributed by atoms with Crippen molar-refractivity contribution in [1.82, 2.24) is 20.1 Å². The third-order valence-corrected chi connectivity index (χ3v) is 4.32. The van der Waals surface area contributed by atoms with Gasteiger partial charge in [0.2, 0.25) is 0 Å². The van der Waals surface area contributed by atoms with Crippen molar-refractivity contribution in [2.45, 2.75) is 19.6 Å². The van der Waals surface area contributed by atoms with E-state index in [0.717, 1.165) is 23.2 Å². The molecule has 3 aromatic rings. The van der Waals surface area contributed by atoms with Crippen molar-refractivity contribution in [3.05, 3.63) is 59.4 Å². The SMILES string of the molecule is Cn1nc(CNC(=O)c2ncoc2-c2ccccc2)c2c1CCOC2. The third-order valence-electron chi connectivity index (χ3n) is 4.32. The summed E-state index contributed by atoms with van der Waals surface area (Å²) in [6, 6.07) is 9.44. The van der Waals surface area contributed by atoms with Gasteiger partial charge in [-0.2, -0.15) is 5.10 Å². The van der Waals surface area contributed by atoms with E-state index in [2.05, 4.69) is 15.4 Å². The number of nitrogens with one attached hydrogen (secondary N) is 1. The number of hydrogen-bond donors (Lipinski definition) is 1. The lowest BCUT2D eigenvalue weighted by atomic mass is 10.1. The van der Waals surface area contributed by atoms with Crippen LogP contribution in [0.1, 0.15) is 27.4 Å². The molecule has 0 radical (unpaired) electrons. The first-order chi connectivity index (χ1) is 12.2. The Bertz CT molecular complexity index is 898. The average Bonchev–Trinajstić information content (AvgIpc) is 3.26. The molecule has 0 bridgehead atoms. The van der Waals surface area contributed by atoms with E-state index < -0.39 is 0 Å². The number of fused-ring (bicyclic) bond motifs is 1. The summed E-state index contributed by atoms with van der Waals surface area (Å²) in [7, 11) is 1.92. The average molecular weight is 338 g/mol. The molecule has 7 heteroatoms. The topological polar surface area (TPSA) is 82.2 Å². The Hall–Kier alpha value is -2.93. The molecule has 1 amide bonds. The Morgan fingerprint density at radius 3 is 3.00 bits per heavy atom. The quantitative estimate of drug-likeness (QED) is 0.787. The molecule has 1 N–H and O–H groups in total. The summed E-state index contributed by atoms with van der Waals surface area (Å²) >= 11 is 0. The number of hydrogen-bond acceptors (Lipinski definition) is 5. The minimum Gasteiger partial charge on any atom is -0.443 e. The highest BCUT2D eigenvalue weighted by molar-refractivity contribution is 5.97. The Balaban J connectivity index is 1.52. The molecule has 0 unspecified atom stereocenters. The van der Waals surface area contributed by atoms with Gasteiger partial charge in [-0.25, -0.2) is 4.98 Å². The molecule has 0 aliphatic carbocycles. The van der Waals surface area contributed by atoms with Crippen molar-refractivity contribution < 1.29 is 13.9 Å². The fourth-order valence-electron chi connectivity index (χ4n) is 3.08. The van der Waals surface area contributed by atoms with Gasteiger partial charge in [-0.05, 0) is 0 Å². The Morgan fingerprint density at radius 2 is 2.16 bits per heavy atom. The molecular formula is C18H18N4O3. The molecule has 1 aliphatic rings. The number of carbonyl (C=O) groups excluding carboxylic acids is 1. The lowest BCUT2D eigenvalue weighted by Gasteiger charge is -2.13. The predicted molar refractivity (Wildman–Crippen MR) is 89.7 cm³/mol. The van der Waals surface area contributed by atoms with Gasteiger partial charge in [0.1, 0.15) is 0 Å². The van der Waals surface area contributed by atoms with E-state index in [4.69, 9.17) is 9.15 Å². The number of nitrogens with zero attached hydrogens (tertiary/aromatic N) is 3. The molecule has 0 spiro atoms. The molecule has 0 atom stereocenters. The molecule has 128 valence electrons. The van der Waals surface area contributed by atoms with E-state index in [1.165, 1.54) is 12.1 Å². The second-order valence-corrected chi connectivity index (χ2v) is 5.88. The van der Waals surface area contributed by atoms with Gasteiger partial charge in [-0.3, -0.25) is 9.48 Å². The minimum atomic E-state index is -0.288. The fourth-order valence-corrected chi connectivity index (χ4v) is 3.08. The van der Waals surface area contributed by atoms with Crippen LogP contribution in [0.25, 0.3) is 11.3 Å². The van der Waals surface area contributed by atoms with Crippen molar-refractivity contribution in [3.63, 3.8) is 0 Å². The summed E-state index contributed by atoms with van der Waals surface area (Å²) in [6.45, 7) is 1.57. The normalized spacial score (nSPS) is 13.5. The largest absolute Gasteiger partial charge is 0.443 e. The van der Waals surface area contributed by atoms with Crippen LogP contribution in [0.3, 0.4) is 0 Å². The summed E-state index contributed by atoms with van der Waals surface area (Å²) < 4.78 is 12.8. The number of rotatable bonds is 4. The van der Waals surface area contributed by atoms with Crippen LogP contribution in [0.2, 0.25) is 0 Å². The van der Waals surface area contributed by atoms with E-state index in [1.54, 1.807) is 0 Å². The lowest BCUT2D eigenvalue weighted by Crippen LogP contribution is -2.24. The van der Waals surface area contributed by atoms with Crippen LogP contribution in [0.5, 0.6) is 0 Å². The zero-order valence-corrected chi connectivity index (χ0v) is 13.9. The summed E-state index contributed by atoms with van der Waals surface area (Å²) in [5.74, 6) is 0.174. The van der Waals surface area contributed by atoms with E-state index in [1.807, 2.05) is 42.1 Å². The van der Waals surface area contributed by atoms with Gasteiger partial charge in [0.05, 0.1) is 25.5 Å². The highest BCUT2D eigenvalue weighted by atomic mass is 16.5. The van der Waals surface area contributed by atoms with Crippen LogP contribution in [0.15, 0.2) is 41.1 Å². The summed E-state index contributed by atoms with van der Waals surface area (Å²) in [4.78, 5) is 16.6. The molecule has 2 aromatic heterocycles. The van der Waals surface area contributed by atoms with Crippen LogP contribution in [-0.2, 0) is 31.4 Å². The van der Waals surface area contributed by atoms with Crippen molar-refractivity contribution in [3.8, 4) is 11.3 Å². The van der Waals surface area contributed by atoms with E-state index in [9.17, 15) is 4.79 Å². The number of oxazole rings is 1. The molecular weight excluding hydrogens is 320 g/mol. The molecule has 1 aromatic carbocycles. The monoisotopic (exact) mass is 338 g/mol. The van der Waals surface area contributed by atoms with Crippen LogP contribution in [0, 0.1) is 0 Å². The summed E-state index contributed by atoms with van der Waals surface area (Å²) in [5, 5.41) is 7.39. The van der Waals surface area contributed by atoms with Crippen molar-refractivity contribution in [2.24, 2.45) is 7.05 Å². The first-order valence-corrected chi connectivity index (χ1v) is 8.12. The first-order valence-electron chi connectivity index (χ1n) is 8.12. The van der Waals surface area contributed by atoms with Gasteiger partial charge in [-0.15, -0.1) is 0 Å². The van der Waals surface area contributed by atoms with Crippen molar-refractivity contribution in [2.75, 3.05) is 6.61 Å². The molecule has 0 saturated heterocycles. The van der Waals surface area contributed by atoms with Crippen LogP contribution < -0.4 is 5.32 Å². The molecule has 3 heterocycles. The Kier molecular flexibility index (Phi) is 4.07. The minimum absolute atomic E-state index is 0.271. The first kappa shape index (κ1) is 15.6. The smallest absolute Gasteiger partial charge is 0.274 e. The zero-order chi connectivity index (χ0) is 17.2. The van der Waals surface area contributed by atoms with Crippen LogP contribution in [0.4, 0.5) is 0 Å². The maximum atomic E-state index is 12.5. The number of ether oxygens (including phenoxy) is 1. The Labute approximate surface area is 144 Å². The van der Waals surface area contributed by atoms with Gasteiger partial charge in [0.25, 0.3) is 5.91 Å². The van der Waals surface area contributed by atoms with Crippen LogP contribution in [-0.4, -0.2) is 27.3 Å². The number of amides is 1. The maximum Gasteiger partial charge on any atom is 0.274 e. The molecule has 4 rings (SSSR count). The molecule has 7 nitrogen and oxygen atoms in total. The van der Waals surface area contributed by atoms with Crippen molar-refractivity contribution >= 4 is 5.91 Å². The van der Waals surface area contributed by atoms with E-state index in [-0.39, 0.29) is 11.6 Å². The molecule has 0 saturated carbocycles. The van der Waals surface area contributed by atoms with Gasteiger partial charge in [0.15, 0.2) is 17.8 Å². The Morgan fingerprint density at radius 1 is 1.32 bits per heavy atom. The second kappa shape index (κ2) is 6.52. The molecule has 0 fully saturated rings. The molecule has 25 heavy (non-hydrogen) atoms. The number of benzene rings is 1. The number of aromatic nitrogens is 3. The van der Waals surface area contributed by atoms with Gasteiger partial charge in [0, 0.05) is 30.3 Å². The van der Waals surface area contributed by atoms with Crippen molar-refractivity contribution in [1.29, 1.82) is 0 Å². The predicted octanol–water partition coefficient (Wildman–Crippen LogP) is 2.08. The van der Waals surface area contributed by atoms with E-state index >= 15 is 0 Å². The summed E-state index contributed by atoms with van der Waals surface area (Å²) in [5.41, 5.74) is 4.15. The maximum absolute atomic E-state index is 12.5. The molecule has 1 aliphatic heterocycles. The number of carbonyl (C=O) groups is 1. The number of aryl methyl sites for hydroxylation is 1. The third kappa shape index (κ3) is 2.94. The van der Waals surface area contributed by atoms with E-state index in [0.29, 0.717) is 25.5 Å². The highest BCUT2D eigenvalue weighted by Gasteiger charge is 2.22. The highest BCUT2D eigenvalue weighted by Crippen LogP contribution is 2.23. The van der Waals surface area contributed by atoms with Gasteiger partial charge in [-0.1, -0.05) is 30.3 Å². The standard InChI is InChI=1S/C18H18N4O3/c1-22-15-7-8-24-10-13(15)14(21-22)9-19-18(23)16-17(25-11-20-16)12-5-3-2-4-6-12/h2-6,11H,7-10H2,1H3,(H,19,23). The van der Waals surface area contributed by atoms with Crippen LogP contribution >= 0.6 is 0 Å². The second-order valence-electron chi connectivity index (χ2n) is 5.88. The summed E-state index contributed by atoms with van der Waals surface area (Å²) in [6.07, 6.45) is 2.13. The van der Waals surface area contributed by atoms with Gasteiger partial charge >= 0.3 is 0 Å². The van der Waals surface area contributed by atoms with Gasteiger partial charge < -0.3 is 14.5 Å². The fraction of sp³-hybridized carbons (Fsp3) is 0.278.